The lowest BCUT2D eigenvalue weighted by Crippen LogP contribution is -2.33. The van der Waals surface area contributed by atoms with E-state index in [0.717, 1.165) is 0 Å². The monoisotopic (exact) mass is 295 g/mol. The third kappa shape index (κ3) is 3.63. The summed E-state index contributed by atoms with van der Waals surface area (Å²) in [7, 11) is 1.42. The van der Waals surface area contributed by atoms with E-state index in [2.05, 4.69) is 5.32 Å². The molecule has 1 aliphatic rings. The molecule has 1 fully saturated rings. The molecule has 7 nitrogen and oxygen atoms in total. The van der Waals surface area contributed by atoms with E-state index in [4.69, 9.17) is 14.6 Å². The number of hydrogen-bond acceptors (Lipinski definition) is 5. The summed E-state index contributed by atoms with van der Waals surface area (Å²) in [5.74, 6) is -1.18. The first-order valence-electron chi connectivity index (χ1n) is 6.54. The summed E-state index contributed by atoms with van der Waals surface area (Å²) in [6, 6.07) is 4.34. The van der Waals surface area contributed by atoms with Gasteiger partial charge in [-0.1, -0.05) is 0 Å². The molecule has 2 unspecified atom stereocenters. The zero-order valence-corrected chi connectivity index (χ0v) is 11.5. The highest BCUT2D eigenvalue weighted by molar-refractivity contribution is 5.94. The maximum Gasteiger partial charge on any atom is 0.332 e. The smallest absolute Gasteiger partial charge is 0.332 e. The molecule has 7 heteroatoms. The standard InChI is InChI=1S/C14H17NO6/c1-20-11-4-2-8(6-10(11)16)13(17)15-7-9-3-5-12(21-9)14(18)19/h2,4,6,9,12,16H,3,5,7H2,1H3,(H,15,17)(H,18,19). The number of carboxylic acids is 1. The number of rotatable bonds is 5. The van der Waals surface area contributed by atoms with E-state index in [1.54, 1.807) is 0 Å². The number of ether oxygens (including phenoxy) is 2. The minimum atomic E-state index is -0.982. The molecule has 0 radical (unpaired) electrons. The normalized spacial score (nSPS) is 21.0. The topological polar surface area (TPSA) is 105 Å². The second-order valence-electron chi connectivity index (χ2n) is 4.76. The van der Waals surface area contributed by atoms with Crippen molar-refractivity contribution in [3.63, 3.8) is 0 Å². The number of methoxy groups -OCH3 is 1. The SMILES string of the molecule is COc1ccc(C(=O)NCC2CCC(C(=O)O)O2)cc1O. The van der Waals surface area contributed by atoms with Gasteiger partial charge in [-0.3, -0.25) is 4.79 Å². The number of carbonyl (C=O) groups is 2. The highest BCUT2D eigenvalue weighted by Crippen LogP contribution is 2.26. The Morgan fingerprint density at radius 2 is 2.19 bits per heavy atom. The van der Waals surface area contributed by atoms with Crippen molar-refractivity contribution in [3.8, 4) is 11.5 Å². The van der Waals surface area contributed by atoms with Crippen LogP contribution in [0.1, 0.15) is 23.2 Å². The summed E-state index contributed by atoms with van der Waals surface area (Å²) in [6.07, 6.45) is -0.0663. The summed E-state index contributed by atoms with van der Waals surface area (Å²) in [6.45, 7) is 0.232. The first kappa shape index (κ1) is 15.1. The van der Waals surface area contributed by atoms with E-state index in [9.17, 15) is 14.7 Å². The maximum atomic E-state index is 11.9. The predicted octanol–water partition coefficient (Wildman–Crippen LogP) is 0.763. The van der Waals surface area contributed by atoms with Gasteiger partial charge in [-0.15, -0.1) is 0 Å². The lowest BCUT2D eigenvalue weighted by atomic mass is 10.1. The fraction of sp³-hybridized carbons (Fsp3) is 0.429. The number of nitrogens with one attached hydrogen (secondary N) is 1. The summed E-state index contributed by atoms with van der Waals surface area (Å²) < 4.78 is 10.2. The lowest BCUT2D eigenvalue weighted by Gasteiger charge is -2.12. The Kier molecular flexibility index (Phi) is 4.64. The molecule has 3 N–H and O–H groups in total. The van der Waals surface area contributed by atoms with Gasteiger partial charge in [0.25, 0.3) is 5.91 Å². The van der Waals surface area contributed by atoms with Crippen molar-refractivity contribution in [2.75, 3.05) is 13.7 Å². The Balaban J connectivity index is 1.88. The molecule has 0 bridgehead atoms. The van der Waals surface area contributed by atoms with Crippen molar-refractivity contribution >= 4 is 11.9 Å². The number of amides is 1. The van der Waals surface area contributed by atoms with Crippen molar-refractivity contribution < 1.29 is 29.3 Å². The third-order valence-electron chi connectivity index (χ3n) is 3.31. The third-order valence-corrected chi connectivity index (χ3v) is 3.31. The summed E-state index contributed by atoms with van der Waals surface area (Å²) in [5, 5.41) is 21.1. The van der Waals surface area contributed by atoms with Crippen LogP contribution in [0.2, 0.25) is 0 Å². The zero-order chi connectivity index (χ0) is 15.4. The van der Waals surface area contributed by atoms with Crippen LogP contribution in [0.4, 0.5) is 0 Å². The van der Waals surface area contributed by atoms with Crippen LogP contribution in [0.3, 0.4) is 0 Å². The van der Waals surface area contributed by atoms with Gasteiger partial charge in [-0.05, 0) is 31.0 Å². The molecule has 0 aromatic heterocycles. The van der Waals surface area contributed by atoms with Crippen LogP contribution in [0.5, 0.6) is 11.5 Å². The number of aliphatic carboxylic acids is 1. The van der Waals surface area contributed by atoms with E-state index in [1.807, 2.05) is 0 Å². The summed E-state index contributed by atoms with van der Waals surface area (Å²) in [5.41, 5.74) is 0.293. The number of benzene rings is 1. The van der Waals surface area contributed by atoms with Crippen LogP contribution in [0.25, 0.3) is 0 Å². The van der Waals surface area contributed by atoms with Gasteiger partial charge >= 0.3 is 5.97 Å². The van der Waals surface area contributed by atoms with E-state index in [-0.39, 0.29) is 30.1 Å². The van der Waals surface area contributed by atoms with Crippen LogP contribution < -0.4 is 10.1 Å². The van der Waals surface area contributed by atoms with Gasteiger partial charge in [-0.2, -0.15) is 0 Å². The molecule has 1 aliphatic heterocycles. The second-order valence-corrected chi connectivity index (χ2v) is 4.76. The van der Waals surface area contributed by atoms with Gasteiger partial charge in [0.15, 0.2) is 17.6 Å². The van der Waals surface area contributed by atoms with E-state index >= 15 is 0 Å². The molecule has 114 valence electrons. The summed E-state index contributed by atoms with van der Waals surface area (Å²) >= 11 is 0. The first-order chi connectivity index (χ1) is 10.0. The van der Waals surface area contributed by atoms with E-state index < -0.39 is 12.1 Å². The molecule has 0 saturated carbocycles. The molecule has 0 aliphatic carbocycles. The van der Waals surface area contributed by atoms with Crippen molar-refractivity contribution in [1.29, 1.82) is 0 Å². The Hall–Kier alpha value is -2.28. The van der Waals surface area contributed by atoms with Gasteiger partial charge in [-0.25, -0.2) is 4.79 Å². The molecular weight excluding hydrogens is 278 g/mol. The number of aromatic hydroxyl groups is 1. The lowest BCUT2D eigenvalue weighted by molar-refractivity contribution is -0.149. The van der Waals surface area contributed by atoms with Gasteiger partial charge in [0.1, 0.15) is 0 Å². The molecule has 1 amide bonds. The zero-order valence-electron chi connectivity index (χ0n) is 11.5. The van der Waals surface area contributed by atoms with Crippen LogP contribution >= 0.6 is 0 Å². The van der Waals surface area contributed by atoms with Gasteiger partial charge in [0.05, 0.1) is 13.2 Å². The Morgan fingerprint density at radius 1 is 1.43 bits per heavy atom. The van der Waals surface area contributed by atoms with Crippen molar-refractivity contribution in [2.24, 2.45) is 0 Å². The summed E-state index contributed by atoms with van der Waals surface area (Å²) in [4.78, 5) is 22.7. The van der Waals surface area contributed by atoms with Crippen molar-refractivity contribution in [3.05, 3.63) is 23.8 Å². The molecule has 1 aromatic rings. The quantitative estimate of drug-likeness (QED) is 0.741. The molecule has 21 heavy (non-hydrogen) atoms. The molecular formula is C14H17NO6. The molecule has 2 rings (SSSR count). The fourth-order valence-corrected chi connectivity index (χ4v) is 2.18. The highest BCUT2D eigenvalue weighted by Gasteiger charge is 2.30. The number of hydrogen-bond donors (Lipinski definition) is 3. The average molecular weight is 295 g/mol. The largest absolute Gasteiger partial charge is 0.504 e. The van der Waals surface area contributed by atoms with Crippen LogP contribution in [0, 0.1) is 0 Å². The average Bonchev–Trinajstić information content (AvgIpc) is 2.93. The number of carboxylic acid groups (broad SMARTS) is 1. The van der Waals surface area contributed by atoms with Gasteiger partial charge in [0.2, 0.25) is 0 Å². The van der Waals surface area contributed by atoms with Crippen molar-refractivity contribution in [2.45, 2.75) is 25.0 Å². The Morgan fingerprint density at radius 3 is 2.76 bits per heavy atom. The maximum absolute atomic E-state index is 11.9. The van der Waals surface area contributed by atoms with Gasteiger partial charge < -0.3 is 25.0 Å². The van der Waals surface area contributed by atoms with E-state index in [1.165, 1.54) is 25.3 Å². The fourth-order valence-electron chi connectivity index (χ4n) is 2.18. The van der Waals surface area contributed by atoms with E-state index in [0.29, 0.717) is 18.4 Å². The van der Waals surface area contributed by atoms with Crippen LogP contribution in [0.15, 0.2) is 18.2 Å². The molecule has 1 saturated heterocycles. The van der Waals surface area contributed by atoms with Crippen LogP contribution in [-0.2, 0) is 9.53 Å². The van der Waals surface area contributed by atoms with Gasteiger partial charge in [0, 0.05) is 12.1 Å². The first-order valence-corrected chi connectivity index (χ1v) is 6.54. The number of phenolic OH excluding ortho intramolecular Hbond substituents is 1. The molecule has 0 spiro atoms. The number of carbonyl (C=O) groups excluding carboxylic acids is 1. The minimum Gasteiger partial charge on any atom is -0.504 e. The van der Waals surface area contributed by atoms with Crippen molar-refractivity contribution in [1.82, 2.24) is 5.32 Å². The molecule has 2 atom stereocenters. The molecule has 1 heterocycles. The second kappa shape index (κ2) is 6.45. The minimum absolute atomic E-state index is 0.117. The molecule has 1 aromatic carbocycles. The van der Waals surface area contributed by atoms with Crippen LogP contribution in [-0.4, -0.2) is 48.0 Å². The highest BCUT2D eigenvalue weighted by atomic mass is 16.5. The Bertz CT molecular complexity index is 544. The predicted molar refractivity (Wildman–Crippen MR) is 72.5 cm³/mol. The Labute approximate surface area is 121 Å². The number of phenols is 1.